The maximum atomic E-state index is 14.2. The summed E-state index contributed by atoms with van der Waals surface area (Å²) in [6.45, 7) is 1.50. The van der Waals surface area contributed by atoms with E-state index in [0.717, 1.165) is 19.3 Å². The normalized spacial score (nSPS) is 24.5. The molecule has 31 heavy (non-hydrogen) atoms. The molecular weight excluding hydrogens is 408 g/mol. The first-order valence-electron chi connectivity index (χ1n) is 11.4. The van der Waals surface area contributed by atoms with Gasteiger partial charge in [-0.05, 0) is 12.3 Å². The molecule has 2 aliphatic heterocycles. The van der Waals surface area contributed by atoms with E-state index >= 15 is 0 Å². The second kappa shape index (κ2) is 9.58. The lowest BCUT2D eigenvalue weighted by molar-refractivity contribution is -0.133. The van der Waals surface area contributed by atoms with E-state index < -0.39 is 24.9 Å². The fourth-order valence-corrected chi connectivity index (χ4v) is 4.93. The van der Waals surface area contributed by atoms with E-state index in [9.17, 15) is 18.4 Å². The third kappa shape index (κ3) is 5.58. The molecule has 172 valence electrons. The molecule has 1 aliphatic carbocycles. The molecule has 3 aliphatic rings. The van der Waals surface area contributed by atoms with Crippen LogP contribution in [0, 0.1) is 5.92 Å². The monoisotopic (exact) mass is 439 g/mol. The molecule has 1 aromatic heterocycles. The molecule has 1 aromatic rings. The number of carbonyl (C=O) groups is 2. The highest BCUT2D eigenvalue weighted by Crippen LogP contribution is 2.34. The van der Waals surface area contributed by atoms with E-state index in [2.05, 4.69) is 10.3 Å². The number of rotatable bonds is 6. The molecule has 0 radical (unpaired) electrons. The quantitative estimate of drug-likeness (QED) is 0.680. The summed E-state index contributed by atoms with van der Waals surface area (Å²) in [6, 6.07) is -0.651. The minimum absolute atomic E-state index is 0.105. The van der Waals surface area contributed by atoms with E-state index in [-0.39, 0.29) is 24.1 Å². The molecule has 0 bridgehead atoms. The number of aromatic nitrogens is 3. The maximum absolute atomic E-state index is 14.2. The van der Waals surface area contributed by atoms with Crippen LogP contribution in [0.3, 0.4) is 0 Å². The molecule has 4 rings (SSSR count). The zero-order valence-electron chi connectivity index (χ0n) is 17.8. The predicted molar refractivity (Wildman–Crippen MR) is 108 cm³/mol. The zero-order chi connectivity index (χ0) is 21.8. The van der Waals surface area contributed by atoms with Crippen molar-refractivity contribution in [2.45, 2.75) is 69.9 Å². The van der Waals surface area contributed by atoms with E-state index in [1.54, 1.807) is 4.90 Å². The highest BCUT2D eigenvalue weighted by atomic mass is 19.3. The van der Waals surface area contributed by atoms with Gasteiger partial charge in [-0.3, -0.25) is 9.59 Å². The summed E-state index contributed by atoms with van der Waals surface area (Å²) < 4.78 is 35.0. The topological polar surface area (TPSA) is 80.6 Å². The van der Waals surface area contributed by atoms with Gasteiger partial charge >= 0.3 is 0 Å². The number of alkyl halides is 2. The summed E-state index contributed by atoms with van der Waals surface area (Å²) in [5.74, 6) is -2.83. The largest absolute Gasteiger partial charge is 0.378 e. The van der Waals surface area contributed by atoms with Crippen molar-refractivity contribution in [3.05, 3.63) is 11.9 Å². The van der Waals surface area contributed by atoms with Gasteiger partial charge in [0.15, 0.2) is 5.69 Å². The van der Waals surface area contributed by atoms with Gasteiger partial charge < -0.3 is 14.5 Å². The lowest BCUT2D eigenvalue weighted by Gasteiger charge is -2.26. The third-order valence-electron chi connectivity index (χ3n) is 6.64. The minimum atomic E-state index is -2.90. The van der Waals surface area contributed by atoms with Gasteiger partial charge in [-0.1, -0.05) is 37.3 Å². The number of hydrogen-bond donors (Lipinski definition) is 0. The van der Waals surface area contributed by atoms with Gasteiger partial charge in [0.1, 0.15) is 0 Å². The van der Waals surface area contributed by atoms with Crippen LogP contribution in [0.5, 0.6) is 0 Å². The Bertz CT molecular complexity index is 775. The van der Waals surface area contributed by atoms with Crippen molar-refractivity contribution in [1.29, 1.82) is 0 Å². The van der Waals surface area contributed by atoms with Crippen LogP contribution >= 0.6 is 0 Å². The first kappa shape index (κ1) is 22.1. The molecular formula is C21H31F2N5O3. The van der Waals surface area contributed by atoms with Crippen molar-refractivity contribution in [3.63, 3.8) is 0 Å². The second-order valence-electron chi connectivity index (χ2n) is 9.01. The van der Waals surface area contributed by atoms with Gasteiger partial charge in [0.05, 0.1) is 38.5 Å². The number of morpholine rings is 1. The van der Waals surface area contributed by atoms with Gasteiger partial charge in [-0.25, -0.2) is 13.5 Å². The number of halogens is 2. The molecule has 3 heterocycles. The Kier molecular flexibility index (Phi) is 6.83. The minimum Gasteiger partial charge on any atom is -0.378 e. The van der Waals surface area contributed by atoms with Crippen molar-refractivity contribution >= 4 is 11.8 Å². The Morgan fingerprint density at radius 1 is 1.16 bits per heavy atom. The summed E-state index contributed by atoms with van der Waals surface area (Å²) in [7, 11) is 0. The van der Waals surface area contributed by atoms with Crippen molar-refractivity contribution in [3.8, 4) is 0 Å². The molecule has 0 aromatic carbocycles. The molecule has 1 saturated carbocycles. The van der Waals surface area contributed by atoms with Crippen LogP contribution in [-0.2, 0) is 16.1 Å². The highest BCUT2D eigenvalue weighted by Gasteiger charge is 2.47. The number of likely N-dealkylation sites (tertiary alicyclic amines) is 1. The van der Waals surface area contributed by atoms with Crippen LogP contribution in [0.4, 0.5) is 8.78 Å². The fraction of sp³-hybridized carbons (Fsp3) is 0.810. The second-order valence-corrected chi connectivity index (χ2v) is 9.01. The first-order chi connectivity index (χ1) is 14.9. The number of ether oxygens (including phenoxy) is 1. The number of amides is 2. The summed E-state index contributed by atoms with van der Waals surface area (Å²) >= 11 is 0. The molecule has 3 fully saturated rings. The lowest BCUT2D eigenvalue weighted by Crippen LogP contribution is -2.40. The van der Waals surface area contributed by atoms with Crippen LogP contribution in [0.15, 0.2) is 6.20 Å². The Labute approximate surface area is 180 Å². The van der Waals surface area contributed by atoms with Gasteiger partial charge in [0.2, 0.25) is 5.91 Å². The molecule has 0 N–H and O–H groups in total. The molecule has 10 heteroatoms. The highest BCUT2D eigenvalue weighted by molar-refractivity contribution is 5.92. The van der Waals surface area contributed by atoms with Gasteiger partial charge in [0, 0.05) is 25.9 Å². The number of carbonyl (C=O) groups excluding carboxylic acids is 2. The Balaban J connectivity index is 1.36. The molecule has 0 spiro atoms. The van der Waals surface area contributed by atoms with Crippen molar-refractivity contribution in [1.82, 2.24) is 24.8 Å². The predicted octanol–water partition coefficient (Wildman–Crippen LogP) is 2.35. The standard InChI is InChI=1S/C21H31F2N5O3/c22-21(23)12-17(28(15-21)19(29)7-6-16-4-2-1-3-5-16)13-27-14-18(24-25-27)20(30)26-8-10-31-11-9-26/h14,16-17H,1-13,15H2. The summed E-state index contributed by atoms with van der Waals surface area (Å²) in [6.07, 6.45) is 8.08. The van der Waals surface area contributed by atoms with E-state index in [0.29, 0.717) is 38.6 Å². The smallest absolute Gasteiger partial charge is 0.276 e. The zero-order valence-corrected chi connectivity index (χ0v) is 17.8. The van der Waals surface area contributed by atoms with Gasteiger partial charge in [-0.2, -0.15) is 0 Å². The van der Waals surface area contributed by atoms with E-state index in [4.69, 9.17) is 4.74 Å². The summed E-state index contributed by atoms with van der Waals surface area (Å²) in [4.78, 5) is 28.3. The number of hydrogen-bond acceptors (Lipinski definition) is 5. The molecule has 2 amide bonds. The Morgan fingerprint density at radius 3 is 2.65 bits per heavy atom. The summed E-state index contributed by atoms with van der Waals surface area (Å²) in [5, 5.41) is 7.89. The fourth-order valence-electron chi connectivity index (χ4n) is 4.93. The van der Waals surface area contributed by atoms with Gasteiger partial charge in [-0.15, -0.1) is 5.10 Å². The van der Waals surface area contributed by atoms with Crippen molar-refractivity contribution < 1.29 is 23.1 Å². The van der Waals surface area contributed by atoms with Crippen LogP contribution in [0.1, 0.15) is 61.9 Å². The summed E-state index contributed by atoms with van der Waals surface area (Å²) in [5.41, 5.74) is 0.182. The lowest BCUT2D eigenvalue weighted by atomic mass is 9.86. The van der Waals surface area contributed by atoms with Crippen LogP contribution < -0.4 is 0 Å². The van der Waals surface area contributed by atoms with Crippen LogP contribution in [0.2, 0.25) is 0 Å². The SMILES string of the molecule is O=C(c1cn(CC2CC(F)(F)CN2C(=O)CCC2CCCCC2)nn1)N1CCOCC1. The van der Waals surface area contributed by atoms with Crippen LogP contribution in [0.25, 0.3) is 0 Å². The van der Waals surface area contributed by atoms with Crippen LogP contribution in [-0.4, -0.2) is 81.4 Å². The third-order valence-corrected chi connectivity index (χ3v) is 6.64. The molecule has 2 saturated heterocycles. The Hall–Kier alpha value is -2.10. The number of nitrogens with zero attached hydrogens (tertiary/aromatic N) is 5. The molecule has 1 unspecified atom stereocenters. The van der Waals surface area contributed by atoms with Gasteiger partial charge in [0.25, 0.3) is 11.8 Å². The van der Waals surface area contributed by atoms with Crippen molar-refractivity contribution in [2.24, 2.45) is 5.92 Å². The van der Waals surface area contributed by atoms with Crippen molar-refractivity contribution in [2.75, 3.05) is 32.8 Å². The van der Waals surface area contributed by atoms with E-state index in [1.807, 2.05) is 0 Å². The average Bonchev–Trinajstić information content (AvgIpc) is 3.36. The average molecular weight is 440 g/mol. The molecule has 1 atom stereocenters. The molecule has 8 nitrogen and oxygen atoms in total. The first-order valence-corrected chi connectivity index (χ1v) is 11.4. The Morgan fingerprint density at radius 2 is 1.90 bits per heavy atom. The van der Waals surface area contributed by atoms with E-state index in [1.165, 1.54) is 35.0 Å². The maximum Gasteiger partial charge on any atom is 0.276 e.